The van der Waals surface area contributed by atoms with Crippen LogP contribution in [0.3, 0.4) is 0 Å². The van der Waals surface area contributed by atoms with E-state index in [2.05, 4.69) is 29.2 Å². The summed E-state index contributed by atoms with van der Waals surface area (Å²) in [6.07, 6.45) is 1.06. The highest BCUT2D eigenvalue weighted by atomic mass is 16.5. The number of hydrogen-bond donors (Lipinski definition) is 0. The number of nitrogens with zero attached hydrogens (tertiary/aromatic N) is 1. The molecular formula is C17H19NO3. The minimum atomic E-state index is -0.396. The van der Waals surface area contributed by atoms with Crippen LogP contribution in [0.15, 0.2) is 40.8 Å². The van der Waals surface area contributed by atoms with Crippen molar-refractivity contribution in [1.29, 1.82) is 0 Å². The summed E-state index contributed by atoms with van der Waals surface area (Å²) in [5, 5.41) is 0. The highest BCUT2D eigenvalue weighted by Gasteiger charge is 2.18. The summed E-state index contributed by atoms with van der Waals surface area (Å²) in [5.74, 6) is 0.689. The maximum Gasteiger partial charge on any atom is 0.374 e. The second-order valence-electron chi connectivity index (χ2n) is 5.22. The molecule has 0 unspecified atom stereocenters. The lowest BCUT2D eigenvalue weighted by molar-refractivity contribution is 0.0486. The van der Waals surface area contributed by atoms with E-state index in [0.29, 0.717) is 13.2 Å². The van der Waals surface area contributed by atoms with Gasteiger partial charge in [0.15, 0.2) is 0 Å². The van der Waals surface area contributed by atoms with Crippen LogP contribution < -0.4 is 0 Å². The molecule has 1 aliphatic heterocycles. The van der Waals surface area contributed by atoms with Crippen molar-refractivity contribution in [2.24, 2.45) is 0 Å². The zero-order valence-corrected chi connectivity index (χ0v) is 12.2. The van der Waals surface area contributed by atoms with Gasteiger partial charge in [0.1, 0.15) is 5.76 Å². The van der Waals surface area contributed by atoms with E-state index in [1.54, 1.807) is 13.0 Å². The molecule has 1 aromatic heterocycles. The minimum absolute atomic E-state index is 0.282. The van der Waals surface area contributed by atoms with Crippen molar-refractivity contribution in [1.82, 2.24) is 4.90 Å². The molecule has 0 atom stereocenters. The largest absolute Gasteiger partial charge is 0.460 e. The Kier molecular flexibility index (Phi) is 4.06. The second kappa shape index (κ2) is 6.14. The summed E-state index contributed by atoms with van der Waals surface area (Å²) in [6.45, 7) is 4.79. The summed E-state index contributed by atoms with van der Waals surface area (Å²) < 4.78 is 10.5. The normalized spacial score (nSPS) is 14.7. The number of benzene rings is 1. The Morgan fingerprint density at radius 3 is 2.86 bits per heavy atom. The predicted molar refractivity (Wildman–Crippen MR) is 78.9 cm³/mol. The first kappa shape index (κ1) is 13.9. The van der Waals surface area contributed by atoms with Gasteiger partial charge in [-0.15, -0.1) is 0 Å². The smallest absolute Gasteiger partial charge is 0.374 e. The van der Waals surface area contributed by atoms with E-state index in [9.17, 15) is 4.79 Å². The number of hydrogen-bond acceptors (Lipinski definition) is 4. The van der Waals surface area contributed by atoms with E-state index < -0.39 is 5.97 Å². The third kappa shape index (κ3) is 3.16. The van der Waals surface area contributed by atoms with Crippen molar-refractivity contribution in [3.63, 3.8) is 0 Å². The molecule has 2 heterocycles. The Morgan fingerprint density at radius 1 is 1.24 bits per heavy atom. The molecule has 4 nitrogen and oxygen atoms in total. The van der Waals surface area contributed by atoms with Gasteiger partial charge < -0.3 is 9.15 Å². The monoisotopic (exact) mass is 285 g/mol. The number of esters is 1. The number of carbonyl (C=O) groups is 1. The van der Waals surface area contributed by atoms with E-state index in [-0.39, 0.29) is 5.76 Å². The fourth-order valence-electron chi connectivity index (χ4n) is 2.68. The molecule has 0 saturated carbocycles. The van der Waals surface area contributed by atoms with Crippen LogP contribution in [0.2, 0.25) is 0 Å². The number of rotatable bonds is 4. The average Bonchev–Trinajstić information content (AvgIpc) is 2.96. The molecule has 4 heteroatoms. The van der Waals surface area contributed by atoms with Gasteiger partial charge >= 0.3 is 5.97 Å². The molecule has 0 spiro atoms. The molecule has 0 fully saturated rings. The van der Waals surface area contributed by atoms with Gasteiger partial charge in [-0.3, -0.25) is 4.90 Å². The van der Waals surface area contributed by atoms with Crippen molar-refractivity contribution in [3.05, 3.63) is 59.0 Å². The van der Waals surface area contributed by atoms with Crippen LogP contribution in [0.4, 0.5) is 0 Å². The average molecular weight is 285 g/mol. The Balaban J connectivity index is 1.64. The van der Waals surface area contributed by atoms with Gasteiger partial charge in [-0.05, 0) is 36.6 Å². The van der Waals surface area contributed by atoms with Gasteiger partial charge in [0.05, 0.1) is 13.2 Å². The summed E-state index contributed by atoms with van der Waals surface area (Å²) >= 11 is 0. The Morgan fingerprint density at radius 2 is 2.05 bits per heavy atom. The zero-order valence-electron chi connectivity index (χ0n) is 12.2. The fraction of sp³-hybridized carbons (Fsp3) is 0.353. The predicted octanol–water partition coefficient (Wildman–Crippen LogP) is 3.01. The van der Waals surface area contributed by atoms with Gasteiger partial charge in [0.2, 0.25) is 5.76 Å². The SMILES string of the molecule is CCOC(=O)c1ccc(CN2CCc3ccccc3C2)o1. The lowest BCUT2D eigenvalue weighted by Crippen LogP contribution is -2.29. The quantitative estimate of drug-likeness (QED) is 0.810. The van der Waals surface area contributed by atoms with Crippen molar-refractivity contribution < 1.29 is 13.9 Å². The third-order valence-electron chi connectivity index (χ3n) is 3.73. The maximum atomic E-state index is 11.6. The molecule has 1 aliphatic rings. The number of furan rings is 1. The number of carbonyl (C=O) groups excluding carboxylic acids is 1. The van der Waals surface area contributed by atoms with Crippen molar-refractivity contribution in [2.45, 2.75) is 26.4 Å². The van der Waals surface area contributed by atoms with E-state index in [4.69, 9.17) is 9.15 Å². The maximum absolute atomic E-state index is 11.6. The molecule has 0 bridgehead atoms. The van der Waals surface area contributed by atoms with E-state index >= 15 is 0 Å². The topological polar surface area (TPSA) is 42.7 Å². The summed E-state index contributed by atoms with van der Waals surface area (Å²) in [6, 6.07) is 12.1. The standard InChI is InChI=1S/C17H19NO3/c1-2-20-17(19)16-8-7-15(21-16)12-18-10-9-13-5-3-4-6-14(13)11-18/h3-8H,2,9-12H2,1H3. The molecular weight excluding hydrogens is 266 g/mol. The first-order chi connectivity index (χ1) is 10.3. The van der Waals surface area contributed by atoms with E-state index in [1.165, 1.54) is 11.1 Å². The number of fused-ring (bicyclic) bond motifs is 1. The van der Waals surface area contributed by atoms with Crippen molar-refractivity contribution in [2.75, 3.05) is 13.2 Å². The Bertz CT molecular complexity index is 632. The first-order valence-electron chi connectivity index (χ1n) is 7.31. The summed E-state index contributed by atoms with van der Waals surface area (Å²) in [5.41, 5.74) is 2.81. The van der Waals surface area contributed by atoms with Crippen LogP contribution in [0.5, 0.6) is 0 Å². The molecule has 2 aromatic rings. The lowest BCUT2D eigenvalue weighted by atomic mass is 10.00. The third-order valence-corrected chi connectivity index (χ3v) is 3.73. The van der Waals surface area contributed by atoms with E-state index in [1.807, 2.05) is 6.07 Å². The molecule has 1 aromatic carbocycles. The van der Waals surface area contributed by atoms with Crippen LogP contribution in [0, 0.1) is 0 Å². The van der Waals surface area contributed by atoms with E-state index in [0.717, 1.165) is 25.3 Å². The van der Waals surface area contributed by atoms with Crippen LogP contribution in [-0.2, 0) is 24.2 Å². The highest BCUT2D eigenvalue weighted by Crippen LogP contribution is 2.21. The summed E-state index contributed by atoms with van der Waals surface area (Å²) in [4.78, 5) is 13.9. The number of ether oxygens (including phenoxy) is 1. The second-order valence-corrected chi connectivity index (χ2v) is 5.22. The zero-order chi connectivity index (χ0) is 14.7. The molecule has 0 amide bonds. The molecule has 3 rings (SSSR count). The first-order valence-corrected chi connectivity index (χ1v) is 7.31. The van der Waals surface area contributed by atoms with Gasteiger partial charge in [-0.1, -0.05) is 24.3 Å². The van der Waals surface area contributed by atoms with Crippen LogP contribution in [0.1, 0.15) is 34.4 Å². The van der Waals surface area contributed by atoms with Crippen LogP contribution in [0.25, 0.3) is 0 Å². The van der Waals surface area contributed by atoms with Gasteiger partial charge in [-0.25, -0.2) is 4.79 Å². The van der Waals surface area contributed by atoms with Gasteiger partial charge in [0, 0.05) is 13.1 Å². The Hall–Kier alpha value is -2.07. The van der Waals surface area contributed by atoms with Gasteiger partial charge in [0.25, 0.3) is 0 Å². The van der Waals surface area contributed by atoms with Crippen LogP contribution >= 0.6 is 0 Å². The van der Waals surface area contributed by atoms with Gasteiger partial charge in [-0.2, -0.15) is 0 Å². The molecule has 21 heavy (non-hydrogen) atoms. The molecule has 0 saturated heterocycles. The Labute approximate surface area is 124 Å². The molecule has 0 N–H and O–H groups in total. The fourth-order valence-corrected chi connectivity index (χ4v) is 2.68. The van der Waals surface area contributed by atoms with Crippen LogP contribution in [-0.4, -0.2) is 24.0 Å². The molecule has 0 radical (unpaired) electrons. The molecule has 110 valence electrons. The molecule has 0 aliphatic carbocycles. The van der Waals surface area contributed by atoms with Crippen molar-refractivity contribution in [3.8, 4) is 0 Å². The highest BCUT2D eigenvalue weighted by molar-refractivity contribution is 5.86. The lowest BCUT2D eigenvalue weighted by Gasteiger charge is -2.27. The minimum Gasteiger partial charge on any atom is -0.460 e. The van der Waals surface area contributed by atoms with Crippen molar-refractivity contribution >= 4 is 5.97 Å². The summed E-state index contributed by atoms with van der Waals surface area (Å²) in [7, 11) is 0.